The van der Waals surface area contributed by atoms with Gasteiger partial charge in [0.25, 0.3) is 0 Å². The quantitative estimate of drug-likeness (QED) is 0.364. The van der Waals surface area contributed by atoms with E-state index in [0.717, 1.165) is 5.57 Å². The van der Waals surface area contributed by atoms with Crippen LogP contribution in [-0.2, 0) is 23.1 Å². The third kappa shape index (κ3) is 9.24. The van der Waals surface area contributed by atoms with Gasteiger partial charge in [0.05, 0.1) is 26.4 Å². The molecule has 0 aromatic carbocycles. The van der Waals surface area contributed by atoms with Crippen molar-refractivity contribution in [3.8, 4) is 0 Å². The Hall–Kier alpha value is -0.480. The highest BCUT2D eigenvalue weighted by Crippen LogP contribution is 2.39. The van der Waals surface area contributed by atoms with E-state index in [0.29, 0.717) is 26.4 Å². The van der Waals surface area contributed by atoms with Gasteiger partial charge >= 0.3 is 14.6 Å². The van der Waals surface area contributed by atoms with E-state index in [-0.39, 0.29) is 5.97 Å². The molecule has 0 saturated heterocycles. The van der Waals surface area contributed by atoms with Gasteiger partial charge < -0.3 is 18.3 Å². The van der Waals surface area contributed by atoms with Gasteiger partial charge in [0.15, 0.2) is 0 Å². The van der Waals surface area contributed by atoms with E-state index in [4.69, 9.17) is 18.3 Å². The summed E-state index contributed by atoms with van der Waals surface area (Å²) in [5, 5.41) is 0. The first-order valence-corrected chi connectivity index (χ1v) is 6.76. The lowest BCUT2D eigenvalue weighted by Gasteiger charge is -2.14. The first-order valence-electron chi connectivity index (χ1n) is 5.66. The summed E-state index contributed by atoms with van der Waals surface area (Å²) in [6, 6.07) is 0. The van der Waals surface area contributed by atoms with Gasteiger partial charge in [-0.15, -0.1) is 0 Å². The largest absolute Gasteiger partial charge is 0.463 e. The average molecular weight is 264 g/mol. The second-order valence-corrected chi connectivity index (χ2v) is 4.30. The Balaban J connectivity index is 4.01. The zero-order valence-electron chi connectivity index (χ0n) is 10.9. The molecule has 6 heteroatoms. The molecular formula is C11H21O5P. The molecule has 0 spiro atoms. The number of ether oxygens (including phenoxy) is 1. The molecule has 0 bridgehead atoms. The Morgan fingerprint density at radius 1 is 1.06 bits per heavy atom. The van der Waals surface area contributed by atoms with E-state index in [9.17, 15) is 4.79 Å². The van der Waals surface area contributed by atoms with Gasteiger partial charge in [-0.25, -0.2) is 4.79 Å². The van der Waals surface area contributed by atoms with E-state index >= 15 is 0 Å². The molecule has 0 unspecified atom stereocenters. The Labute approximate surface area is 104 Å². The number of esters is 1. The third-order valence-electron chi connectivity index (χ3n) is 1.52. The van der Waals surface area contributed by atoms with Crippen molar-refractivity contribution in [2.45, 2.75) is 27.7 Å². The highest BCUT2D eigenvalue weighted by molar-refractivity contribution is 7.41. The van der Waals surface area contributed by atoms with Crippen molar-refractivity contribution < 1.29 is 23.1 Å². The summed E-state index contributed by atoms with van der Waals surface area (Å²) in [6.45, 7) is 9.04. The van der Waals surface area contributed by atoms with Crippen molar-refractivity contribution in [1.29, 1.82) is 0 Å². The molecule has 0 amide bonds. The SMILES string of the molecule is CCOC(=O)C=C(C)COP(OCC)OCC. The minimum Gasteiger partial charge on any atom is -0.463 e. The van der Waals surface area contributed by atoms with Crippen molar-refractivity contribution in [2.75, 3.05) is 26.4 Å². The van der Waals surface area contributed by atoms with Crippen LogP contribution >= 0.6 is 8.60 Å². The molecular weight excluding hydrogens is 243 g/mol. The van der Waals surface area contributed by atoms with Crippen LogP contribution in [0, 0.1) is 0 Å². The van der Waals surface area contributed by atoms with E-state index in [1.54, 1.807) is 13.8 Å². The van der Waals surface area contributed by atoms with Crippen LogP contribution in [-0.4, -0.2) is 32.4 Å². The van der Waals surface area contributed by atoms with Gasteiger partial charge in [0.2, 0.25) is 0 Å². The van der Waals surface area contributed by atoms with Crippen LogP contribution in [0.25, 0.3) is 0 Å². The average Bonchev–Trinajstić information content (AvgIpc) is 2.27. The van der Waals surface area contributed by atoms with Crippen LogP contribution < -0.4 is 0 Å². The minimum absolute atomic E-state index is 0.296. The molecule has 17 heavy (non-hydrogen) atoms. The van der Waals surface area contributed by atoms with Gasteiger partial charge in [-0.05, 0) is 33.3 Å². The lowest BCUT2D eigenvalue weighted by Crippen LogP contribution is -2.03. The fourth-order valence-corrected chi connectivity index (χ4v) is 1.86. The normalized spacial score (nSPS) is 11.9. The number of rotatable bonds is 9. The molecule has 0 aromatic rings. The monoisotopic (exact) mass is 264 g/mol. The Morgan fingerprint density at radius 2 is 1.65 bits per heavy atom. The van der Waals surface area contributed by atoms with E-state index in [1.807, 2.05) is 13.8 Å². The lowest BCUT2D eigenvalue weighted by molar-refractivity contribution is -0.137. The van der Waals surface area contributed by atoms with Gasteiger partial charge in [-0.3, -0.25) is 0 Å². The summed E-state index contributed by atoms with van der Waals surface area (Å²) < 4.78 is 20.7. The maximum Gasteiger partial charge on any atom is 0.332 e. The minimum atomic E-state index is -1.32. The zero-order chi connectivity index (χ0) is 13.1. The van der Waals surface area contributed by atoms with Crippen molar-refractivity contribution in [3.63, 3.8) is 0 Å². The number of carbonyl (C=O) groups is 1. The van der Waals surface area contributed by atoms with Crippen LogP contribution in [0.5, 0.6) is 0 Å². The maximum atomic E-state index is 11.1. The zero-order valence-corrected chi connectivity index (χ0v) is 11.8. The molecule has 0 aliphatic carbocycles. The fraction of sp³-hybridized carbons (Fsp3) is 0.727. The summed E-state index contributed by atoms with van der Waals surface area (Å²) >= 11 is 0. The summed E-state index contributed by atoms with van der Waals surface area (Å²) in [4.78, 5) is 11.1. The Morgan fingerprint density at radius 3 is 2.12 bits per heavy atom. The highest BCUT2D eigenvalue weighted by atomic mass is 31.2. The fourth-order valence-electron chi connectivity index (χ4n) is 0.904. The molecule has 0 heterocycles. The molecule has 5 nitrogen and oxygen atoms in total. The predicted octanol–water partition coefficient (Wildman–Crippen LogP) is 2.81. The second-order valence-electron chi connectivity index (χ2n) is 3.08. The van der Waals surface area contributed by atoms with Crippen LogP contribution in [0.1, 0.15) is 27.7 Å². The van der Waals surface area contributed by atoms with E-state index in [1.165, 1.54) is 6.08 Å². The van der Waals surface area contributed by atoms with E-state index < -0.39 is 8.60 Å². The number of hydrogen-bond donors (Lipinski definition) is 0. The van der Waals surface area contributed by atoms with Gasteiger partial charge in [-0.1, -0.05) is 0 Å². The highest BCUT2D eigenvalue weighted by Gasteiger charge is 2.11. The molecule has 0 atom stereocenters. The Kier molecular flexibility index (Phi) is 10.4. The van der Waals surface area contributed by atoms with Gasteiger partial charge in [0, 0.05) is 6.08 Å². The summed E-state index contributed by atoms with van der Waals surface area (Å²) in [5.74, 6) is -0.356. The van der Waals surface area contributed by atoms with Crippen LogP contribution in [0.2, 0.25) is 0 Å². The smallest absolute Gasteiger partial charge is 0.332 e. The first kappa shape index (κ1) is 16.5. The molecule has 0 N–H and O–H groups in total. The Bertz CT molecular complexity index is 236. The third-order valence-corrected chi connectivity index (χ3v) is 2.80. The second kappa shape index (κ2) is 10.7. The molecule has 0 saturated carbocycles. The summed E-state index contributed by atoms with van der Waals surface area (Å²) in [7, 11) is -1.32. The topological polar surface area (TPSA) is 54.0 Å². The first-order chi connectivity index (χ1) is 8.13. The molecule has 0 aliphatic heterocycles. The predicted molar refractivity (Wildman–Crippen MR) is 66.5 cm³/mol. The van der Waals surface area contributed by atoms with Crippen molar-refractivity contribution >= 4 is 14.6 Å². The summed E-state index contributed by atoms with van der Waals surface area (Å²) in [5.41, 5.74) is 0.773. The van der Waals surface area contributed by atoms with Crippen molar-refractivity contribution in [2.24, 2.45) is 0 Å². The standard InChI is InChI=1S/C11H21O5P/c1-5-13-11(12)8-10(4)9-16-17(14-6-2)15-7-3/h8H,5-7,9H2,1-4H3. The number of carbonyl (C=O) groups excluding carboxylic acids is 1. The maximum absolute atomic E-state index is 11.1. The molecule has 0 radical (unpaired) electrons. The van der Waals surface area contributed by atoms with Crippen LogP contribution in [0.4, 0.5) is 0 Å². The van der Waals surface area contributed by atoms with Crippen LogP contribution in [0.3, 0.4) is 0 Å². The lowest BCUT2D eigenvalue weighted by atomic mass is 10.3. The number of hydrogen-bond acceptors (Lipinski definition) is 5. The summed E-state index contributed by atoms with van der Waals surface area (Å²) in [6.07, 6.45) is 1.41. The van der Waals surface area contributed by atoms with Gasteiger partial charge in [0.1, 0.15) is 0 Å². The van der Waals surface area contributed by atoms with Crippen molar-refractivity contribution in [1.82, 2.24) is 0 Å². The molecule has 0 fully saturated rings. The van der Waals surface area contributed by atoms with E-state index in [2.05, 4.69) is 0 Å². The van der Waals surface area contributed by atoms with Gasteiger partial charge in [-0.2, -0.15) is 0 Å². The van der Waals surface area contributed by atoms with Crippen LogP contribution in [0.15, 0.2) is 11.6 Å². The van der Waals surface area contributed by atoms with Crippen molar-refractivity contribution in [3.05, 3.63) is 11.6 Å². The molecule has 100 valence electrons. The molecule has 0 aromatic heterocycles. The molecule has 0 rings (SSSR count). The molecule has 0 aliphatic rings.